The van der Waals surface area contributed by atoms with Crippen LogP contribution < -0.4 is 10.1 Å². The Morgan fingerprint density at radius 1 is 1.26 bits per heavy atom. The first-order valence-corrected chi connectivity index (χ1v) is 7.60. The van der Waals surface area contributed by atoms with Crippen molar-refractivity contribution in [2.75, 3.05) is 19.7 Å². The molecule has 0 amide bonds. The third kappa shape index (κ3) is 3.78. The monoisotopic (exact) mass is 276 g/mol. The molecule has 0 saturated heterocycles. The van der Waals surface area contributed by atoms with Crippen LogP contribution in [-0.4, -0.2) is 24.7 Å². The number of benzene rings is 1. The second-order valence-corrected chi connectivity index (χ2v) is 5.10. The van der Waals surface area contributed by atoms with Gasteiger partial charge in [0.25, 0.3) is 0 Å². The van der Waals surface area contributed by atoms with Gasteiger partial charge in [-0.2, -0.15) is 0 Å². The molecule has 4 heteroatoms. The fourth-order valence-corrected chi connectivity index (χ4v) is 2.68. The Hall–Kier alpha value is -1.39. The first kappa shape index (κ1) is 14.0. The minimum absolute atomic E-state index is 0.675. The molecule has 0 unspecified atom stereocenters. The van der Waals surface area contributed by atoms with Gasteiger partial charge in [0.2, 0.25) is 0 Å². The van der Waals surface area contributed by atoms with Gasteiger partial charge in [-0.1, -0.05) is 19.1 Å². The van der Waals surface area contributed by atoms with Crippen LogP contribution in [0.3, 0.4) is 0 Å². The Balaban J connectivity index is 2.13. The normalized spacial score (nSPS) is 10.6. The predicted octanol–water partition coefficient (Wildman–Crippen LogP) is 3.36. The van der Waals surface area contributed by atoms with Crippen molar-refractivity contribution in [3.63, 3.8) is 0 Å². The summed E-state index contributed by atoms with van der Waals surface area (Å²) in [4.78, 5) is 4.69. The molecule has 0 aliphatic heterocycles. The van der Waals surface area contributed by atoms with Gasteiger partial charge < -0.3 is 10.1 Å². The predicted molar refractivity (Wildman–Crippen MR) is 81.0 cm³/mol. The molecule has 0 spiro atoms. The molecule has 1 heterocycles. The van der Waals surface area contributed by atoms with Gasteiger partial charge in [-0.25, -0.2) is 4.98 Å². The SMILES string of the molecule is CCNCCc1nc(-c2ccccc2OCC)cs1. The Labute approximate surface area is 118 Å². The molecule has 2 aromatic rings. The van der Waals surface area contributed by atoms with E-state index in [1.54, 1.807) is 11.3 Å². The second-order valence-electron chi connectivity index (χ2n) is 4.16. The molecule has 0 atom stereocenters. The zero-order chi connectivity index (χ0) is 13.5. The van der Waals surface area contributed by atoms with E-state index in [-0.39, 0.29) is 0 Å². The number of para-hydroxylation sites is 1. The molecule has 0 saturated carbocycles. The van der Waals surface area contributed by atoms with Gasteiger partial charge in [-0.15, -0.1) is 11.3 Å². The van der Waals surface area contributed by atoms with E-state index < -0.39 is 0 Å². The van der Waals surface area contributed by atoms with Crippen LogP contribution >= 0.6 is 11.3 Å². The van der Waals surface area contributed by atoms with Gasteiger partial charge in [0.1, 0.15) is 5.75 Å². The average molecular weight is 276 g/mol. The molecule has 0 bridgehead atoms. The molecular weight excluding hydrogens is 256 g/mol. The fourth-order valence-electron chi connectivity index (χ4n) is 1.88. The van der Waals surface area contributed by atoms with Crippen molar-refractivity contribution in [1.29, 1.82) is 0 Å². The molecule has 0 aliphatic rings. The fraction of sp³-hybridized carbons (Fsp3) is 0.400. The number of nitrogens with zero attached hydrogens (tertiary/aromatic N) is 1. The van der Waals surface area contributed by atoms with E-state index in [2.05, 4.69) is 23.7 Å². The van der Waals surface area contributed by atoms with Crippen LogP contribution in [0.4, 0.5) is 0 Å². The van der Waals surface area contributed by atoms with E-state index in [4.69, 9.17) is 9.72 Å². The van der Waals surface area contributed by atoms with Crippen LogP contribution in [-0.2, 0) is 6.42 Å². The van der Waals surface area contributed by atoms with E-state index in [1.165, 1.54) is 5.01 Å². The summed E-state index contributed by atoms with van der Waals surface area (Å²) in [5.74, 6) is 0.911. The minimum atomic E-state index is 0.675. The zero-order valence-corrected chi connectivity index (χ0v) is 12.3. The van der Waals surface area contributed by atoms with Crippen molar-refractivity contribution in [2.45, 2.75) is 20.3 Å². The van der Waals surface area contributed by atoms with Crippen molar-refractivity contribution >= 4 is 11.3 Å². The number of ether oxygens (including phenoxy) is 1. The van der Waals surface area contributed by atoms with Crippen molar-refractivity contribution in [3.8, 4) is 17.0 Å². The molecule has 2 rings (SSSR count). The lowest BCUT2D eigenvalue weighted by Gasteiger charge is -2.07. The van der Waals surface area contributed by atoms with Gasteiger partial charge >= 0.3 is 0 Å². The maximum Gasteiger partial charge on any atom is 0.128 e. The average Bonchev–Trinajstić information content (AvgIpc) is 2.89. The highest BCUT2D eigenvalue weighted by molar-refractivity contribution is 7.09. The van der Waals surface area contributed by atoms with Crippen LogP contribution in [0.1, 0.15) is 18.9 Å². The zero-order valence-electron chi connectivity index (χ0n) is 11.5. The van der Waals surface area contributed by atoms with Crippen LogP contribution in [0, 0.1) is 0 Å². The third-order valence-electron chi connectivity index (χ3n) is 2.78. The molecule has 1 aromatic carbocycles. The van der Waals surface area contributed by atoms with Gasteiger partial charge in [0.05, 0.1) is 17.3 Å². The van der Waals surface area contributed by atoms with Crippen LogP contribution in [0.5, 0.6) is 5.75 Å². The lowest BCUT2D eigenvalue weighted by molar-refractivity contribution is 0.341. The van der Waals surface area contributed by atoms with E-state index in [1.807, 2.05) is 25.1 Å². The minimum Gasteiger partial charge on any atom is -0.493 e. The summed E-state index contributed by atoms with van der Waals surface area (Å²) in [5, 5.41) is 6.60. The summed E-state index contributed by atoms with van der Waals surface area (Å²) in [6, 6.07) is 8.08. The van der Waals surface area contributed by atoms with E-state index in [0.717, 1.165) is 36.5 Å². The van der Waals surface area contributed by atoms with Crippen molar-refractivity contribution in [1.82, 2.24) is 10.3 Å². The highest BCUT2D eigenvalue weighted by Crippen LogP contribution is 2.30. The Morgan fingerprint density at radius 3 is 2.89 bits per heavy atom. The number of rotatable bonds is 7. The summed E-state index contributed by atoms with van der Waals surface area (Å²) >= 11 is 1.71. The maximum absolute atomic E-state index is 5.65. The summed E-state index contributed by atoms with van der Waals surface area (Å²) in [5.41, 5.74) is 2.09. The summed E-state index contributed by atoms with van der Waals surface area (Å²) < 4.78 is 5.65. The largest absolute Gasteiger partial charge is 0.493 e. The maximum atomic E-state index is 5.65. The first-order chi connectivity index (χ1) is 9.35. The second kappa shape index (κ2) is 7.26. The highest BCUT2D eigenvalue weighted by Gasteiger charge is 2.09. The standard InChI is InChI=1S/C15H20N2OS/c1-3-16-10-9-15-17-13(11-19-15)12-7-5-6-8-14(12)18-4-2/h5-8,11,16H,3-4,9-10H2,1-2H3. The number of thiazole rings is 1. The quantitative estimate of drug-likeness (QED) is 0.787. The molecule has 1 N–H and O–H groups in total. The molecule has 0 radical (unpaired) electrons. The first-order valence-electron chi connectivity index (χ1n) is 6.72. The summed E-state index contributed by atoms with van der Waals surface area (Å²) in [7, 11) is 0. The lowest BCUT2D eigenvalue weighted by Crippen LogP contribution is -2.15. The molecule has 0 aliphatic carbocycles. The van der Waals surface area contributed by atoms with Crippen molar-refractivity contribution in [3.05, 3.63) is 34.7 Å². The molecule has 1 aromatic heterocycles. The van der Waals surface area contributed by atoms with Crippen LogP contribution in [0.2, 0.25) is 0 Å². The molecule has 3 nitrogen and oxygen atoms in total. The van der Waals surface area contributed by atoms with Gasteiger partial charge in [-0.05, 0) is 25.6 Å². The summed E-state index contributed by atoms with van der Waals surface area (Å²) in [6.07, 6.45) is 0.981. The Bertz CT molecular complexity index is 510. The van der Waals surface area contributed by atoms with Crippen molar-refractivity contribution in [2.24, 2.45) is 0 Å². The van der Waals surface area contributed by atoms with E-state index >= 15 is 0 Å². The number of likely N-dealkylation sites (N-methyl/N-ethyl adjacent to an activating group) is 1. The number of hydrogen-bond donors (Lipinski definition) is 1. The molecule has 0 fully saturated rings. The van der Waals surface area contributed by atoms with Gasteiger partial charge in [0, 0.05) is 23.9 Å². The van der Waals surface area contributed by atoms with Gasteiger partial charge in [-0.3, -0.25) is 0 Å². The van der Waals surface area contributed by atoms with E-state index in [9.17, 15) is 0 Å². The Morgan fingerprint density at radius 2 is 2.11 bits per heavy atom. The lowest BCUT2D eigenvalue weighted by atomic mass is 10.1. The highest BCUT2D eigenvalue weighted by atomic mass is 32.1. The van der Waals surface area contributed by atoms with Crippen LogP contribution in [0.25, 0.3) is 11.3 Å². The Kier molecular flexibility index (Phi) is 5.36. The summed E-state index contributed by atoms with van der Waals surface area (Å²) in [6.45, 7) is 6.78. The third-order valence-corrected chi connectivity index (χ3v) is 3.69. The smallest absolute Gasteiger partial charge is 0.128 e. The molecular formula is C15H20N2OS. The van der Waals surface area contributed by atoms with Gasteiger partial charge in [0.15, 0.2) is 0 Å². The molecule has 102 valence electrons. The van der Waals surface area contributed by atoms with Crippen LogP contribution in [0.15, 0.2) is 29.6 Å². The molecule has 19 heavy (non-hydrogen) atoms. The number of nitrogens with one attached hydrogen (secondary N) is 1. The van der Waals surface area contributed by atoms with Crippen molar-refractivity contribution < 1.29 is 4.74 Å². The topological polar surface area (TPSA) is 34.2 Å². The number of aromatic nitrogens is 1. The van der Waals surface area contributed by atoms with E-state index in [0.29, 0.717) is 6.61 Å². The number of hydrogen-bond acceptors (Lipinski definition) is 4.